The number of hydrogen-bond acceptors (Lipinski definition) is 4. The molecule has 6 heteroatoms. The first-order valence-corrected chi connectivity index (χ1v) is 8.98. The van der Waals surface area contributed by atoms with Crippen LogP contribution in [0.15, 0.2) is 30.5 Å². The maximum absolute atomic E-state index is 4.82. The van der Waals surface area contributed by atoms with Crippen LogP contribution in [0.5, 0.6) is 0 Å². The molecule has 128 valence electrons. The van der Waals surface area contributed by atoms with Crippen LogP contribution < -0.4 is 0 Å². The van der Waals surface area contributed by atoms with Crippen molar-refractivity contribution < 1.29 is 0 Å². The van der Waals surface area contributed by atoms with Gasteiger partial charge in [-0.2, -0.15) is 5.10 Å². The molecule has 0 saturated carbocycles. The van der Waals surface area contributed by atoms with Gasteiger partial charge < -0.3 is 0 Å². The Hall–Kier alpha value is -2.76. The molecule has 3 heterocycles. The van der Waals surface area contributed by atoms with Crippen molar-refractivity contribution in [3.8, 4) is 22.8 Å². The third-order valence-corrected chi connectivity index (χ3v) is 4.48. The Bertz CT molecular complexity index is 950. The second kappa shape index (κ2) is 6.63. The van der Waals surface area contributed by atoms with Crippen molar-refractivity contribution in [1.82, 2.24) is 29.8 Å². The van der Waals surface area contributed by atoms with Crippen molar-refractivity contribution in [3.05, 3.63) is 41.9 Å². The van der Waals surface area contributed by atoms with Gasteiger partial charge in [0.25, 0.3) is 0 Å². The van der Waals surface area contributed by atoms with Crippen LogP contribution >= 0.6 is 0 Å². The molecule has 6 nitrogen and oxygen atoms in total. The minimum Gasteiger partial charge on any atom is -0.274 e. The maximum Gasteiger partial charge on any atom is 0.188 e. The zero-order valence-corrected chi connectivity index (χ0v) is 14.7. The van der Waals surface area contributed by atoms with Gasteiger partial charge in [0, 0.05) is 12.0 Å². The number of benzene rings is 1. The lowest BCUT2D eigenvalue weighted by molar-refractivity contribution is 0.713. The predicted molar refractivity (Wildman–Crippen MR) is 97.6 cm³/mol. The lowest BCUT2D eigenvalue weighted by atomic mass is 10.1. The van der Waals surface area contributed by atoms with Crippen LogP contribution in [0.25, 0.3) is 28.4 Å². The number of rotatable bonds is 6. The van der Waals surface area contributed by atoms with Gasteiger partial charge in [-0.05, 0) is 18.4 Å². The molecule has 0 aliphatic carbocycles. The number of H-pyrrole nitrogens is 1. The summed E-state index contributed by atoms with van der Waals surface area (Å²) in [5, 5.41) is 11.5. The molecule has 1 N–H and O–H groups in total. The molecular formula is C19H22N6. The molecule has 0 bridgehead atoms. The average molecular weight is 334 g/mol. The highest BCUT2D eigenvalue weighted by Gasteiger charge is 2.19. The number of unbranched alkanes of at least 4 members (excludes halogenated alkanes) is 1. The summed E-state index contributed by atoms with van der Waals surface area (Å²) in [4.78, 5) is 9.48. The van der Waals surface area contributed by atoms with Gasteiger partial charge in [0.05, 0.1) is 11.8 Å². The number of nitrogens with one attached hydrogen (secondary N) is 1. The van der Waals surface area contributed by atoms with Crippen molar-refractivity contribution >= 4 is 5.65 Å². The summed E-state index contributed by atoms with van der Waals surface area (Å²) in [5.74, 6) is 2.46. The van der Waals surface area contributed by atoms with Gasteiger partial charge in [-0.15, -0.1) is 5.10 Å². The van der Waals surface area contributed by atoms with Gasteiger partial charge in [-0.3, -0.25) is 5.10 Å². The fraction of sp³-hybridized carbons (Fsp3) is 0.368. The quantitative estimate of drug-likeness (QED) is 0.580. The molecule has 4 rings (SSSR count). The van der Waals surface area contributed by atoms with Gasteiger partial charge >= 0.3 is 0 Å². The monoisotopic (exact) mass is 334 g/mol. The van der Waals surface area contributed by atoms with E-state index >= 15 is 0 Å². The normalized spacial score (nSPS) is 11.6. The SMILES string of the molecule is CCCCc1nc2nncc-2c2nc(-c3ccc(CCC)cc3)[nH]n12. The Kier molecular flexibility index (Phi) is 4.17. The van der Waals surface area contributed by atoms with Gasteiger partial charge in [0.2, 0.25) is 0 Å². The molecule has 0 amide bonds. The molecule has 0 atom stereocenters. The van der Waals surface area contributed by atoms with Gasteiger partial charge in [-0.1, -0.05) is 51.0 Å². The molecule has 1 aromatic heterocycles. The van der Waals surface area contributed by atoms with Crippen molar-refractivity contribution in [2.75, 3.05) is 0 Å². The van der Waals surface area contributed by atoms with Crippen molar-refractivity contribution in [3.63, 3.8) is 0 Å². The number of aromatic amines is 1. The largest absolute Gasteiger partial charge is 0.274 e. The van der Waals surface area contributed by atoms with Gasteiger partial charge in [-0.25, -0.2) is 14.5 Å². The van der Waals surface area contributed by atoms with E-state index in [1.807, 2.05) is 4.52 Å². The fourth-order valence-corrected chi connectivity index (χ4v) is 3.12. The summed E-state index contributed by atoms with van der Waals surface area (Å²) < 4.78 is 1.98. The molecule has 2 aliphatic heterocycles. The average Bonchev–Trinajstić information content (AvgIpc) is 3.27. The predicted octanol–water partition coefficient (Wildman–Crippen LogP) is 3.91. The number of nitrogens with zero attached hydrogens (tertiary/aromatic N) is 5. The summed E-state index contributed by atoms with van der Waals surface area (Å²) in [6.07, 6.45) is 7.07. The lowest BCUT2D eigenvalue weighted by Crippen LogP contribution is -2.05. The molecule has 0 fully saturated rings. The summed E-state index contributed by atoms with van der Waals surface area (Å²) in [7, 11) is 0. The number of fused-ring (bicyclic) bond motifs is 3. The Morgan fingerprint density at radius 2 is 1.84 bits per heavy atom. The van der Waals surface area contributed by atoms with Gasteiger partial charge in [0.15, 0.2) is 17.3 Å². The Morgan fingerprint density at radius 1 is 1.00 bits per heavy atom. The highest BCUT2D eigenvalue weighted by Crippen LogP contribution is 2.26. The summed E-state index contributed by atoms with van der Waals surface area (Å²) >= 11 is 0. The minimum atomic E-state index is 0.669. The molecule has 0 saturated heterocycles. The second-order valence-electron chi connectivity index (χ2n) is 6.39. The highest BCUT2D eigenvalue weighted by molar-refractivity contribution is 5.74. The topological polar surface area (TPSA) is 71.8 Å². The van der Waals surface area contributed by atoms with Crippen molar-refractivity contribution in [2.24, 2.45) is 0 Å². The molecule has 1 aromatic carbocycles. The van der Waals surface area contributed by atoms with E-state index in [1.54, 1.807) is 6.20 Å². The Balaban J connectivity index is 1.81. The first-order valence-electron chi connectivity index (χ1n) is 8.98. The van der Waals surface area contributed by atoms with E-state index in [0.29, 0.717) is 5.82 Å². The van der Waals surface area contributed by atoms with Crippen LogP contribution in [0.3, 0.4) is 0 Å². The zero-order chi connectivity index (χ0) is 17.2. The van der Waals surface area contributed by atoms with Gasteiger partial charge in [0.1, 0.15) is 5.82 Å². The van der Waals surface area contributed by atoms with Crippen LogP contribution in [-0.2, 0) is 12.8 Å². The molecule has 2 aromatic rings. The molecule has 25 heavy (non-hydrogen) atoms. The second-order valence-corrected chi connectivity index (χ2v) is 6.39. The van der Waals surface area contributed by atoms with E-state index in [1.165, 1.54) is 5.56 Å². The molecule has 0 radical (unpaired) electrons. The highest BCUT2D eigenvalue weighted by atomic mass is 15.3. The van der Waals surface area contributed by atoms with Crippen molar-refractivity contribution in [2.45, 2.75) is 46.0 Å². The molecule has 0 unspecified atom stereocenters. The van der Waals surface area contributed by atoms with E-state index < -0.39 is 0 Å². The number of aromatic nitrogens is 6. The van der Waals surface area contributed by atoms with Crippen LogP contribution in [0.4, 0.5) is 0 Å². The van der Waals surface area contributed by atoms with Crippen LogP contribution in [-0.4, -0.2) is 29.8 Å². The van der Waals surface area contributed by atoms with Crippen molar-refractivity contribution in [1.29, 1.82) is 0 Å². The summed E-state index contributed by atoms with van der Waals surface area (Å²) in [5.41, 5.74) is 4.15. The van der Waals surface area contributed by atoms with Crippen LogP contribution in [0.1, 0.15) is 44.5 Å². The number of hydrogen-bond donors (Lipinski definition) is 1. The Labute approximate surface area is 146 Å². The van der Waals surface area contributed by atoms with E-state index in [0.717, 1.165) is 60.5 Å². The third kappa shape index (κ3) is 2.88. The summed E-state index contributed by atoms with van der Waals surface area (Å²) in [6.45, 7) is 4.38. The number of aryl methyl sites for hydroxylation is 2. The first-order chi connectivity index (χ1) is 12.3. The third-order valence-electron chi connectivity index (χ3n) is 4.48. The van der Waals surface area contributed by atoms with Crippen LogP contribution in [0, 0.1) is 0 Å². The fourth-order valence-electron chi connectivity index (χ4n) is 3.12. The summed E-state index contributed by atoms with van der Waals surface area (Å²) in [6, 6.07) is 8.60. The lowest BCUT2D eigenvalue weighted by Gasteiger charge is -2.05. The maximum atomic E-state index is 4.82. The molecule has 0 spiro atoms. The van der Waals surface area contributed by atoms with E-state index in [9.17, 15) is 0 Å². The minimum absolute atomic E-state index is 0.669. The Morgan fingerprint density at radius 3 is 2.60 bits per heavy atom. The zero-order valence-electron chi connectivity index (χ0n) is 14.7. The van der Waals surface area contributed by atoms with E-state index in [-0.39, 0.29) is 0 Å². The smallest absolute Gasteiger partial charge is 0.188 e. The first kappa shape index (κ1) is 15.7. The standard InChI is InChI=1S/C19H22N6/c1-3-5-7-16-21-18-15(12-20-23-18)19-22-17(24-25(16)19)14-10-8-13(6-4-2)9-11-14/h8-12H,3-7H2,1-2H3,(H,22,24). The van der Waals surface area contributed by atoms with E-state index in [2.05, 4.69) is 58.4 Å². The van der Waals surface area contributed by atoms with Crippen LogP contribution in [0.2, 0.25) is 0 Å². The molecule has 2 aliphatic rings. The molecular weight excluding hydrogens is 312 g/mol. The van der Waals surface area contributed by atoms with E-state index in [4.69, 9.17) is 4.98 Å².